The molecule has 2 amide bonds. The predicted octanol–water partition coefficient (Wildman–Crippen LogP) is 0.236. The molecule has 1 aromatic rings. The second-order valence-corrected chi connectivity index (χ2v) is 9.67. The lowest BCUT2D eigenvalue weighted by atomic mass is 9.60. The summed E-state index contributed by atoms with van der Waals surface area (Å²) in [5.41, 5.74) is 0.482. The number of carbonyl (C=O) groups is 3. The van der Waals surface area contributed by atoms with Crippen molar-refractivity contribution in [2.45, 2.75) is 57.5 Å². The van der Waals surface area contributed by atoms with Gasteiger partial charge in [-0.25, -0.2) is 0 Å². The standard InChI is InChI=1S/C25H34N2O10/c1-2-35-20(30)7-8-27-24(32)17-6-5-16-18(10-19(29)23(31)21(16)22(17)25(27)33)26-37-12-14(28)11-34-13-15-4-3-9-36-15/h3-4,9,14,16-17,19,21-23,28-29,31H,2,5-8,10-13H2,1H3/b26-18-/t14-,16+,17-,19+,21-,22+,23+/m0/s1. The number of nitrogens with zero attached hydrogens (tertiary/aromatic N) is 2. The van der Waals surface area contributed by atoms with Gasteiger partial charge in [0.1, 0.15) is 25.1 Å². The molecule has 1 saturated heterocycles. The van der Waals surface area contributed by atoms with E-state index in [0.717, 1.165) is 4.90 Å². The Kier molecular flexibility index (Phi) is 8.95. The van der Waals surface area contributed by atoms with Crippen molar-refractivity contribution >= 4 is 23.5 Å². The Morgan fingerprint density at radius 1 is 1.22 bits per heavy atom. The molecule has 7 atom stereocenters. The number of rotatable bonds is 11. The van der Waals surface area contributed by atoms with Gasteiger partial charge in [0.2, 0.25) is 11.8 Å². The smallest absolute Gasteiger partial charge is 0.307 e. The topological polar surface area (TPSA) is 168 Å². The van der Waals surface area contributed by atoms with Crippen LogP contribution in [0.5, 0.6) is 0 Å². The van der Waals surface area contributed by atoms with E-state index in [4.69, 9.17) is 18.7 Å². The van der Waals surface area contributed by atoms with Gasteiger partial charge in [0.05, 0.1) is 55.7 Å². The Bertz CT molecular complexity index is 980. The van der Waals surface area contributed by atoms with Gasteiger partial charge >= 0.3 is 5.97 Å². The van der Waals surface area contributed by atoms with Crippen molar-refractivity contribution in [3.8, 4) is 0 Å². The van der Waals surface area contributed by atoms with Crippen LogP contribution in [0.3, 0.4) is 0 Å². The van der Waals surface area contributed by atoms with Crippen molar-refractivity contribution < 1.29 is 48.4 Å². The van der Waals surface area contributed by atoms with E-state index in [9.17, 15) is 29.7 Å². The molecule has 0 spiro atoms. The number of furan rings is 1. The van der Waals surface area contributed by atoms with E-state index in [1.807, 2.05) is 0 Å². The summed E-state index contributed by atoms with van der Waals surface area (Å²) in [5.74, 6) is -3.20. The highest BCUT2D eigenvalue weighted by Crippen LogP contribution is 2.49. The SMILES string of the molecule is CCOC(=O)CCN1C(=O)[C@H]2[C@H]3[C@H](O)[C@H](O)C/C(=N/OC[C@@H](O)COCc4ccco4)[C@H]3CC[C@@H]2C1=O. The number of hydrogen-bond acceptors (Lipinski definition) is 11. The van der Waals surface area contributed by atoms with Crippen molar-refractivity contribution in [2.75, 3.05) is 26.4 Å². The number of likely N-dealkylation sites (tertiary alicyclic amines) is 1. The summed E-state index contributed by atoms with van der Waals surface area (Å²) in [7, 11) is 0. The van der Waals surface area contributed by atoms with Gasteiger partial charge in [-0.2, -0.15) is 0 Å². The second kappa shape index (κ2) is 12.2. The largest absolute Gasteiger partial charge is 0.467 e. The number of aliphatic hydroxyl groups is 3. The molecule has 2 saturated carbocycles. The summed E-state index contributed by atoms with van der Waals surface area (Å²) in [6.07, 6.45) is -0.959. The van der Waals surface area contributed by atoms with E-state index < -0.39 is 47.9 Å². The van der Waals surface area contributed by atoms with Gasteiger partial charge in [0, 0.05) is 24.8 Å². The first kappa shape index (κ1) is 27.2. The highest BCUT2D eigenvalue weighted by atomic mass is 16.6. The molecule has 204 valence electrons. The van der Waals surface area contributed by atoms with Crippen LogP contribution in [-0.4, -0.2) is 88.4 Å². The normalized spacial score (nSPS) is 31.2. The van der Waals surface area contributed by atoms with Gasteiger partial charge in [-0.05, 0) is 31.9 Å². The molecule has 4 rings (SSSR count). The van der Waals surface area contributed by atoms with Crippen LogP contribution in [0.15, 0.2) is 28.0 Å². The quantitative estimate of drug-likeness (QED) is 0.208. The number of aliphatic hydroxyl groups excluding tert-OH is 3. The van der Waals surface area contributed by atoms with Crippen LogP contribution in [0.2, 0.25) is 0 Å². The Morgan fingerprint density at radius 3 is 2.73 bits per heavy atom. The molecular formula is C25H34N2O10. The first-order valence-electron chi connectivity index (χ1n) is 12.7. The Balaban J connectivity index is 1.37. The number of imide groups is 1. The maximum atomic E-state index is 13.3. The molecule has 12 heteroatoms. The van der Waals surface area contributed by atoms with E-state index in [0.29, 0.717) is 24.3 Å². The molecule has 3 fully saturated rings. The maximum absolute atomic E-state index is 13.3. The van der Waals surface area contributed by atoms with Gasteiger partial charge in [0.15, 0.2) is 0 Å². The monoisotopic (exact) mass is 522 g/mol. The number of fused-ring (bicyclic) bond motifs is 3. The van der Waals surface area contributed by atoms with Crippen molar-refractivity contribution in [1.29, 1.82) is 0 Å². The van der Waals surface area contributed by atoms with Gasteiger partial charge < -0.3 is 34.0 Å². The summed E-state index contributed by atoms with van der Waals surface area (Å²) in [6, 6.07) is 3.49. The van der Waals surface area contributed by atoms with Crippen LogP contribution in [0.4, 0.5) is 0 Å². The number of amides is 2. The van der Waals surface area contributed by atoms with Gasteiger partial charge in [-0.3, -0.25) is 19.3 Å². The third kappa shape index (κ3) is 6.03. The zero-order chi connectivity index (χ0) is 26.5. The van der Waals surface area contributed by atoms with Crippen LogP contribution in [-0.2, 0) is 35.3 Å². The first-order valence-corrected chi connectivity index (χ1v) is 12.7. The molecular weight excluding hydrogens is 488 g/mol. The highest BCUT2D eigenvalue weighted by Gasteiger charge is 2.59. The average Bonchev–Trinajstić information content (AvgIpc) is 3.47. The lowest BCUT2D eigenvalue weighted by Crippen LogP contribution is -2.54. The zero-order valence-corrected chi connectivity index (χ0v) is 20.7. The minimum atomic E-state index is -1.21. The van der Waals surface area contributed by atoms with Gasteiger partial charge in [-0.1, -0.05) is 5.16 Å². The minimum Gasteiger partial charge on any atom is -0.467 e. The molecule has 1 aromatic heterocycles. The fourth-order valence-electron chi connectivity index (χ4n) is 5.64. The third-order valence-corrected chi connectivity index (χ3v) is 7.30. The third-order valence-electron chi connectivity index (χ3n) is 7.30. The summed E-state index contributed by atoms with van der Waals surface area (Å²) in [4.78, 5) is 44.4. The van der Waals surface area contributed by atoms with Crippen LogP contribution >= 0.6 is 0 Å². The molecule has 0 aromatic carbocycles. The summed E-state index contributed by atoms with van der Waals surface area (Å²) < 4.78 is 15.4. The molecule has 1 aliphatic heterocycles. The lowest BCUT2D eigenvalue weighted by Gasteiger charge is -2.45. The van der Waals surface area contributed by atoms with Crippen molar-refractivity contribution in [3.05, 3.63) is 24.2 Å². The lowest BCUT2D eigenvalue weighted by molar-refractivity contribution is -0.145. The minimum absolute atomic E-state index is 0.000940. The molecule has 12 nitrogen and oxygen atoms in total. The Morgan fingerprint density at radius 2 is 2.00 bits per heavy atom. The van der Waals surface area contributed by atoms with Crippen LogP contribution < -0.4 is 0 Å². The van der Waals surface area contributed by atoms with Crippen molar-refractivity contribution in [3.63, 3.8) is 0 Å². The predicted molar refractivity (Wildman–Crippen MR) is 126 cm³/mol. The fourth-order valence-corrected chi connectivity index (χ4v) is 5.64. The number of ether oxygens (including phenoxy) is 2. The number of oxime groups is 1. The van der Waals surface area contributed by atoms with Crippen LogP contribution in [0.1, 0.15) is 38.4 Å². The van der Waals surface area contributed by atoms with Gasteiger partial charge in [-0.15, -0.1) is 0 Å². The molecule has 3 N–H and O–H groups in total. The average molecular weight is 523 g/mol. The summed E-state index contributed by atoms with van der Waals surface area (Å²) >= 11 is 0. The molecule has 37 heavy (non-hydrogen) atoms. The van der Waals surface area contributed by atoms with Crippen molar-refractivity contribution in [2.24, 2.45) is 28.8 Å². The fraction of sp³-hybridized carbons (Fsp3) is 0.680. The van der Waals surface area contributed by atoms with Gasteiger partial charge in [0.25, 0.3) is 0 Å². The van der Waals surface area contributed by atoms with E-state index >= 15 is 0 Å². The molecule has 0 unspecified atom stereocenters. The second-order valence-electron chi connectivity index (χ2n) is 9.67. The van der Waals surface area contributed by atoms with E-state index in [1.54, 1.807) is 19.1 Å². The van der Waals surface area contributed by atoms with E-state index in [-0.39, 0.29) is 57.6 Å². The van der Waals surface area contributed by atoms with E-state index in [2.05, 4.69) is 5.16 Å². The molecule has 2 aliphatic carbocycles. The number of carbonyl (C=O) groups excluding carboxylic acids is 3. The molecule has 0 radical (unpaired) electrons. The maximum Gasteiger partial charge on any atom is 0.307 e. The van der Waals surface area contributed by atoms with Crippen molar-refractivity contribution in [1.82, 2.24) is 4.90 Å². The Hall–Kier alpha value is -2.80. The molecule has 2 heterocycles. The highest BCUT2D eigenvalue weighted by molar-refractivity contribution is 6.06. The van der Waals surface area contributed by atoms with Crippen LogP contribution in [0.25, 0.3) is 0 Å². The molecule has 3 aliphatic rings. The van der Waals surface area contributed by atoms with Crippen LogP contribution in [0, 0.1) is 23.7 Å². The Labute approximate surface area is 214 Å². The summed E-state index contributed by atoms with van der Waals surface area (Å²) in [6.45, 7) is 1.86. The zero-order valence-electron chi connectivity index (χ0n) is 20.7. The first-order chi connectivity index (χ1) is 17.8. The molecule has 0 bridgehead atoms. The number of hydrogen-bond donors (Lipinski definition) is 3. The number of esters is 1. The summed E-state index contributed by atoms with van der Waals surface area (Å²) in [5, 5.41) is 35.6. The van der Waals surface area contributed by atoms with E-state index in [1.165, 1.54) is 6.26 Å².